The zero-order valence-electron chi connectivity index (χ0n) is 15.3. The lowest BCUT2D eigenvalue weighted by atomic mass is 10.1. The van der Waals surface area contributed by atoms with Crippen molar-refractivity contribution in [2.75, 3.05) is 33.0 Å². The second-order valence-corrected chi connectivity index (χ2v) is 7.68. The normalized spacial score (nSPS) is 19.7. The SMILES string of the molecule is N#CCCn1cc(/C=C2/SC(=O)N(CN3CCOCC3)C2=O)c2ccccc21. The molecule has 2 aliphatic heterocycles. The Balaban J connectivity index is 1.59. The molecule has 8 heteroatoms. The average molecular weight is 396 g/mol. The minimum atomic E-state index is -0.254. The van der Waals surface area contributed by atoms with Crippen molar-refractivity contribution in [3.63, 3.8) is 0 Å². The molecule has 4 rings (SSSR count). The Labute approximate surface area is 167 Å². The molecule has 0 atom stereocenters. The van der Waals surface area contributed by atoms with E-state index < -0.39 is 0 Å². The second kappa shape index (κ2) is 8.19. The Morgan fingerprint density at radius 3 is 2.79 bits per heavy atom. The zero-order chi connectivity index (χ0) is 19.5. The van der Waals surface area contributed by atoms with Gasteiger partial charge in [0.1, 0.15) is 0 Å². The van der Waals surface area contributed by atoms with E-state index in [0.29, 0.717) is 50.8 Å². The van der Waals surface area contributed by atoms with Gasteiger partial charge >= 0.3 is 0 Å². The van der Waals surface area contributed by atoms with E-state index in [1.54, 1.807) is 6.08 Å². The molecule has 3 heterocycles. The number of nitriles is 1. The van der Waals surface area contributed by atoms with E-state index in [9.17, 15) is 9.59 Å². The molecule has 1 aromatic heterocycles. The topological polar surface area (TPSA) is 78.6 Å². The van der Waals surface area contributed by atoms with E-state index in [2.05, 4.69) is 11.0 Å². The molecule has 28 heavy (non-hydrogen) atoms. The number of carbonyl (C=O) groups is 2. The lowest BCUT2D eigenvalue weighted by Crippen LogP contribution is -2.45. The van der Waals surface area contributed by atoms with Gasteiger partial charge in [-0.3, -0.25) is 19.4 Å². The summed E-state index contributed by atoms with van der Waals surface area (Å²) < 4.78 is 7.34. The molecule has 0 bridgehead atoms. The van der Waals surface area contributed by atoms with Crippen molar-refractivity contribution in [2.45, 2.75) is 13.0 Å². The van der Waals surface area contributed by atoms with Crippen LogP contribution in [0.3, 0.4) is 0 Å². The number of aryl methyl sites for hydroxylation is 1. The van der Waals surface area contributed by atoms with Gasteiger partial charge in [-0.05, 0) is 23.9 Å². The summed E-state index contributed by atoms with van der Waals surface area (Å²) in [6.45, 7) is 3.56. The number of nitrogens with zero attached hydrogens (tertiary/aromatic N) is 4. The van der Waals surface area contributed by atoms with Gasteiger partial charge in [0.05, 0.1) is 37.3 Å². The molecule has 144 valence electrons. The monoisotopic (exact) mass is 396 g/mol. The number of hydrogen-bond donors (Lipinski definition) is 0. The number of para-hydroxylation sites is 1. The Bertz CT molecular complexity index is 985. The maximum Gasteiger partial charge on any atom is 0.294 e. The third-order valence-electron chi connectivity index (χ3n) is 4.89. The summed E-state index contributed by atoms with van der Waals surface area (Å²) >= 11 is 0.980. The minimum Gasteiger partial charge on any atom is -0.379 e. The lowest BCUT2D eigenvalue weighted by molar-refractivity contribution is -0.125. The van der Waals surface area contributed by atoms with E-state index >= 15 is 0 Å². The first kappa shape index (κ1) is 18.7. The molecule has 2 aliphatic rings. The molecule has 0 aliphatic carbocycles. The Kier molecular flexibility index (Phi) is 5.48. The largest absolute Gasteiger partial charge is 0.379 e. The summed E-state index contributed by atoms with van der Waals surface area (Å²) in [5.74, 6) is -0.254. The molecule has 0 unspecified atom stereocenters. The maximum atomic E-state index is 12.8. The number of carbonyl (C=O) groups excluding carboxylic acids is 2. The molecule has 2 fully saturated rings. The van der Waals surface area contributed by atoms with Crippen molar-refractivity contribution in [3.05, 3.63) is 40.9 Å². The van der Waals surface area contributed by atoms with Gasteiger partial charge in [-0.15, -0.1) is 0 Å². The Hall–Kier alpha value is -2.60. The summed E-state index contributed by atoms with van der Waals surface area (Å²) in [6, 6.07) is 10.0. The van der Waals surface area contributed by atoms with E-state index in [-0.39, 0.29) is 11.1 Å². The van der Waals surface area contributed by atoms with E-state index in [1.165, 1.54) is 4.90 Å². The van der Waals surface area contributed by atoms with Crippen LogP contribution in [-0.2, 0) is 16.1 Å². The number of aromatic nitrogens is 1. The number of fused-ring (bicyclic) bond motifs is 1. The van der Waals surface area contributed by atoms with Crippen LogP contribution in [0.5, 0.6) is 0 Å². The molecule has 0 N–H and O–H groups in total. The van der Waals surface area contributed by atoms with Gasteiger partial charge in [0.15, 0.2) is 0 Å². The van der Waals surface area contributed by atoms with Crippen molar-refractivity contribution in [2.24, 2.45) is 0 Å². The fraction of sp³-hybridized carbons (Fsp3) is 0.350. The molecule has 0 spiro atoms. The van der Waals surface area contributed by atoms with E-state index in [1.807, 2.05) is 35.0 Å². The molecule has 0 saturated carbocycles. The highest BCUT2D eigenvalue weighted by Gasteiger charge is 2.36. The molecule has 2 aromatic rings. The van der Waals surface area contributed by atoms with Gasteiger partial charge in [0.25, 0.3) is 11.1 Å². The van der Waals surface area contributed by atoms with Gasteiger partial charge in [0.2, 0.25) is 0 Å². The number of thioether (sulfide) groups is 1. The molecule has 7 nitrogen and oxygen atoms in total. The fourth-order valence-corrected chi connectivity index (χ4v) is 4.27. The summed E-state index contributed by atoms with van der Waals surface area (Å²) in [5, 5.41) is 9.65. The molecule has 1 aromatic carbocycles. The molecular weight excluding hydrogens is 376 g/mol. The summed E-state index contributed by atoms with van der Waals surface area (Å²) in [7, 11) is 0. The number of rotatable bonds is 5. The average Bonchev–Trinajstić information content (AvgIpc) is 3.20. The van der Waals surface area contributed by atoms with Crippen LogP contribution in [0, 0.1) is 11.3 Å². The quantitative estimate of drug-likeness (QED) is 0.723. The van der Waals surface area contributed by atoms with Crippen molar-refractivity contribution in [1.29, 1.82) is 5.26 Å². The first-order chi connectivity index (χ1) is 13.7. The molecular formula is C20H20N4O3S. The predicted molar refractivity (Wildman–Crippen MR) is 107 cm³/mol. The summed E-state index contributed by atoms with van der Waals surface area (Å²) in [6.07, 6.45) is 4.14. The van der Waals surface area contributed by atoms with Crippen molar-refractivity contribution in [1.82, 2.24) is 14.4 Å². The number of benzene rings is 1. The van der Waals surface area contributed by atoms with Crippen LogP contribution in [0.2, 0.25) is 0 Å². The van der Waals surface area contributed by atoms with E-state index in [4.69, 9.17) is 10.00 Å². The van der Waals surface area contributed by atoms with Crippen LogP contribution >= 0.6 is 11.8 Å². The third kappa shape index (κ3) is 3.69. The van der Waals surface area contributed by atoms with Gasteiger partial charge < -0.3 is 9.30 Å². The van der Waals surface area contributed by atoms with Gasteiger partial charge in [-0.25, -0.2) is 0 Å². The number of ether oxygens (including phenoxy) is 1. The van der Waals surface area contributed by atoms with Crippen molar-refractivity contribution >= 4 is 39.9 Å². The summed E-state index contributed by atoms with van der Waals surface area (Å²) in [4.78, 5) is 29.0. The van der Waals surface area contributed by atoms with Crippen LogP contribution in [-0.4, -0.2) is 58.5 Å². The van der Waals surface area contributed by atoms with Crippen LogP contribution in [0.4, 0.5) is 4.79 Å². The molecule has 2 saturated heterocycles. The maximum absolute atomic E-state index is 12.8. The summed E-state index contributed by atoms with van der Waals surface area (Å²) in [5.41, 5.74) is 1.89. The number of imide groups is 1. The second-order valence-electron chi connectivity index (χ2n) is 6.68. The predicted octanol–water partition coefficient (Wildman–Crippen LogP) is 2.88. The Morgan fingerprint density at radius 2 is 2.00 bits per heavy atom. The number of amides is 2. The molecule has 2 amide bonds. The highest BCUT2D eigenvalue weighted by Crippen LogP contribution is 2.34. The lowest BCUT2D eigenvalue weighted by Gasteiger charge is -2.29. The van der Waals surface area contributed by atoms with E-state index in [0.717, 1.165) is 28.2 Å². The fourth-order valence-electron chi connectivity index (χ4n) is 3.45. The molecule has 0 radical (unpaired) electrons. The minimum absolute atomic E-state index is 0.240. The van der Waals surface area contributed by atoms with Crippen molar-refractivity contribution in [3.8, 4) is 6.07 Å². The number of hydrogen-bond acceptors (Lipinski definition) is 6. The van der Waals surface area contributed by atoms with Crippen LogP contribution in [0.15, 0.2) is 35.4 Å². The standard InChI is InChI=1S/C20H20N4O3S/c21-6-3-7-23-13-15(16-4-1-2-5-17(16)23)12-18-19(25)24(20(26)28-18)14-22-8-10-27-11-9-22/h1-2,4-5,12-13H,3,7-11,14H2/b18-12+. The van der Waals surface area contributed by atoms with Gasteiger partial charge in [-0.1, -0.05) is 18.2 Å². The van der Waals surface area contributed by atoms with Crippen LogP contribution in [0.1, 0.15) is 12.0 Å². The Morgan fingerprint density at radius 1 is 1.21 bits per heavy atom. The third-order valence-corrected chi connectivity index (χ3v) is 5.80. The number of morpholine rings is 1. The zero-order valence-corrected chi connectivity index (χ0v) is 16.2. The van der Waals surface area contributed by atoms with Crippen molar-refractivity contribution < 1.29 is 14.3 Å². The van der Waals surface area contributed by atoms with Crippen LogP contribution in [0.25, 0.3) is 17.0 Å². The highest BCUT2D eigenvalue weighted by atomic mass is 32.2. The highest BCUT2D eigenvalue weighted by molar-refractivity contribution is 8.18. The van der Waals surface area contributed by atoms with Crippen LogP contribution < -0.4 is 0 Å². The van der Waals surface area contributed by atoms with Gasteiger partial charge in [0, 0.05) is 42.3 Å². The smallest absolute Gasteiger partial charge is 0.294 e. The first-order valence-electron chi connectivity index (χ1n) is 9.17. The van der Waals surface area contributed by atoms with Gasteiger partial charge in [-0.2, -0.15) is 5.26 Å². The first-order valence-corrected chi connectivity index (χ1v) is 9.99.